The van der Waals surface area contributed by atoms with Crippen LogP contribution in [0.25, 0.3) is 0 Å². The molecule has 10 nitrogen and oxygen atoms in total. The first-order valence-electron chi connectivity index (χ1n) is 11.6. The van der Waals surface area contributed by atoms with Gasteiger partial charge in [0.25, 0.3) is 0 Å². The van der Waals surface area contributed by atoms with Gasteiger partial charge in [-0.25, -0.2) is 0 Å². The zero-order chi connectivity index (χ0) is 23.3. The third-order valence-corrected chi connectivity index (χ3v) is 8.61. The number of nitrogens with zero attached hydrogens (tertiary/aromatic N) is 1. The number of rotatable bonds is 3. The minimum atomic E-state index is -2.00. The van der Waals surface area contributed by atoms with Gasteiger partial charge in [-0.05, 0) is 32.0 Å². The molecule has 6 aliphatic rings. The lowest BCUT2D eigenvalue weighted by Gasteiger charge is -2.58. The fourth-order valence-electron chi connectivity index (χ4n) is 6.93. The fourth-order valence-corrected chi connectivity index (χ4v) is 6.93. The lowest BCUT2D eigenvalue weighted by atomic mass is 9.51. The van der Waals surface area contributed by atoms with Gasteiger partial charge in [0, 0.05) is 29.4 Å². The summed E-state index contributed by atoms with van der Waals surface area (Å²) in [6.07, 6.45) is -1.54. The molecule has 182 valence electrons. The van der Waals surface area contributed by atoms with Crippen LogP contribution >= 0.6 is 0 Å². The van der Waals surface area contributed by atoms with Crippen molar-refractivity contribution >= 4 is 0 Å². The van der Waals surface area contributed by atoms with E-state index in [0.29, 0.717) is 0 Å². The molecule has 0 aromatic carbocycles. The Kier molecular flexibility index (Phi) is 4.92. The zero-order valence-corrected chi connectivity index (χ0v) is 18.3. The zero-order valence-electron chi connectivity index (χ0n) is 18.3. The van der Waals surface area contributed by atoms with Crippen molar-refractivity contribution in [3.63, 3.8) is 0 Å². The Bertz CT molecular complexity index is 933. The Labute approximate surface area is 191 Å². The Morgan fingerprint density at radius 2 is 1.94 bits per heavy atom. The van der Waals surface area contributed by atoms with Gasteiger partial charge in [0.05, 0.1) is 6.61 Å². The van der Waals surface area contributed by atoms with Crippen molar-refractivity contribution in [3.05, 3.63) is 35.1 Å². The molecule has 1 spiro atoms. The van der Waals surface area contributed by atoms with E-state index in [0.717, 1.165) is 30.5 Å². The van der Waals surface area contributed by atoms with Crippen LogP contribution in [-0.4, -0.2) is 110 Å². The summed E-state index contributed by atoms with van der Waals surface area (Å²) in [4.78, 5) is 2.34. The first-order chi connectivity index (χ1) is 15.7. The molecule has 2 bridgehead atoms. The predicted octanol–water partition coefficient (Wildman–Crippen LogP) is -1.88. The summed E-state index contributed by atoms with van der Waals surface area (Å²) in [5, 5.41) is 62.7. The predicted molar refractivity (Wildman–Crippen MR) is 111 cm³/mol. The van der Waals surface area contributed by atoms with Gasteiger partial charge in [0.1, 0.15) is 36.6 Å². The maximum absolute atomic E-state index is 11.7. The lowest BCUT2D eigenvalue weighted by molar-refractivity contribution is -0.358. The molecule has 6 rings (SSSR count). The number of ether oxygens (including phenoxy) is 3. The molecule has 6 N–H and O–H groups in total. The van der Waals surface area contributed by atoms with E-state index in [9.17, 15) is 30.6 Å². The molecule has 1 unspecified atom stereocenters. The molecule has 3 heterocycles. The van der Waals surface area contributed by atoms with Crippen molar-refractivity contribution in [2.24, 2.45) is 11.3 Å². The van der Waals surface area contributed by atoms with E-state index in [1.165, 1.54) is 0 Å². The summed E-state index contributed by atoms with van der Waals surface area (Å²) in [6, 6.07) is 0.264. The largest absolute Gasteiger partial charge is 0.485 e. The van der Waals surface area contributed by atoms with Gasteiger partial charge in [0.15, 0.2) is 12.0 Å². The second kappa shape index (κ2) is 7.33. The Morgan fingerprint density at radius 1 is 1.15 bits per heavy atom. The van der Waals surface area contributed by atoms with Gasteiger partial charge in [-0.1, -0.05) is 18.2 Å². The molecule has 2 saturated heterocycles. The minimum absolute atomic E-state index is 0.0314. The van der Waals surface area contributed by atoms with Crippen LogP contribution in [0.4, 0.5) is 0 Å². The highest BCUT2D eigenvalue weighted by molar-refractivity contribution is 5.54. The number of hydrogen-bond donors (Lipinski definition) is 6. The Balaban J connectivity index is 1.39. The van der Waals surface area contributed by atoms with Crippen molar-refractivity contribution in [2.75, 3.05) is 20.2 Å². The van der Waals surface area contributed by atoms with E-state index >= 15 is 0 Å². The van der Waals surface area contributed by atoms with Crippen LogP contribution in [0.2, 0.25) is 0 Å². The number of aliphatic hydroxyl groups excluding tert-OH is 5. The molecule has 3 fully saturated rings. The SMILES string of the molecule is CN1CC[C@]23C4=C5O[C@H]2[C@@H](O)C=C[C@H]3[C@H]1CC4=CCC5(O)O[C@@H]1O[C@H](CO)[C@H](O)[C@H](O)[C@H]1O. The van der Waals surface area contributed by atoms with E-state index in [1.54, 1.807) is 6.08 Å². The molecule has 0 amide bonds. The minimum Gasteiger partial charge on any atom is -0.485 e. The molecule has 11 atom stereocenters. The molecule has 3 aliphatic carbocycles. The molecule has 1 saturated carbocycles. The van der Waals surface area contributed by atoms with E-state index in [-0.39, 0.29) is 24.1 Å². The van der Waals surface area contributed by atoms with Crippen molar-refractivity contribution in [2.45, 2.75) is 74.0 Å². The summed E-state index contributed by atoms with van der Waals surface area (Å²) < 4.78 is 17.7. The topological polar surface area (TPSA) is 152 Å². The molecule has 0 aromatic rings. The molecule has 10 heteroatoms. The Morgan fingerprint density at radius 3 is 2.70 bits per heavy atom. The van der Waals surface area contributed by atoms with E-state index < -0.39 is 60.7 Å². The van der Waals surface area contributed by atoms with Crippen LogP contribution in [0.1, 0.15) is 19.3 Å². The van der Waals surface area contributed by atoms with Crippen molar-refractivity contribution < 1.29 is 44.8 Å². The standard InChI is InChI=1S/C23H31NO9/c1-24-7-6-22-11-2-3-13(26)19(22)32-20-15(22)10(8-12(11)24)4-5-23(20,30)33-21-18(29)17(28)16(27)14(9-25)31-21/h2-4,11-14,16-19,21,25-30H,5-9H2,1H3/t11-,12+,13-,14+,16-,17-,18+,19-,21-,22-,23?/m0/s1. The maximum atomic E-state index is 11.7. The van der Waals surface area contributed by atoms with Crippen LogP contribution in [0.3, 0.4) is 0 Å². The van der Waals surface area contributed by atoms with Gasteiger partial charge in [-0.3, -0.25) is 0 Å². The highest BCUT2D eigenvalue weighted by Gasteiger charge is 2.68. The normalized spacial score (nSPS) is 52.9. The highest BCUT2D eigenvalue weighted by atomic mass is 16.8. The van der Waals surface area contributed by atoms with Crippen LogP contribution in [0, 0.1) is 11.3 Å². The van der Waals surface area contributed by atoms with Crippen molar-refractivity contribution in [1.82, 2.24) is 4.90 Å². The highest BCUT2D eigenvalue weighted by Crippen LogP contribution is 2.66. The molecule has 33 heavy (non-hydrogen) atoms. The number of hydrogen-bond acceptors (Lipinski definition) is 10. The Hall–Kier alpha value is -1.34. The quantitative estimate of drug-likeness (QED) is 0.206. The van der Waals surface area contributed by atoms with Gasteiger partial charge in [-0.15, -0.1) is 0 Å². The van der Waals surface area contributed by atoms with Crippen molar-refractivity contribution in [3.8, 4) is 0 Å². The molecular weight excluding hydrogens is 434 g/mol. The number of aliphatic hydroxyl groups is 6. The second-order valence-electron chi connectivity index (χ2n) is 10.2. The van der Waals surface area contributed by atoms with Crippen LogP contribution in [-0.2, 0) is 14.2 Å². The average Bonchev–Trinajstić information content (AvgIpc) is 3.16. The van der Waals surface area contributed by atoms with E-state index in [2.05, 4.69) is 18.0 Å². The summed E-state index contributed by atoms with van der Waals surface area (Å²) in [5.41, 5.74) is 1.45. The first kappa shape index (κ1) is 22.1. The third-order valence-electron chi connectivity index (χ3n) is 8.61. The monoisotopic (exact) mass is 465 g/mol. The van der Waals surface area contributed by atoms with Gasteiger partial charge in [-0.2, -0.15) is 0 Å². The van der Waals surface area contributed by atoms with Gasteiger partial charge >= 0.3 is 0 Å². The lowest BCUT2D eigenvalue weighted by Crippen LogP contribution is -2.62. The summed E-state index contributed by atoms with van der Waals surface area (Å²) in [6.45, 7) is 0.231. The van der Waals surface area contributed by atoms with Crippen LogP contribution in [0.5, 0.6) is 0 Å². The van der Waals surface area contributed by atoms with E-state index in [1.807, 2.05) is 6.08 Å². The molecular formula is C23H31NO9. The number of likely N-dealkylation sites (tertiary alicyclic amines) is 1. The molecule has 0 radical (unpaired) electrons. The summed E-state index contributed by atoms with van der Waals surface area (Å²) in [7, 11) is 2.11. The third kappa shape index (κ3) is 2.81. The fraction of sp³-hybridized carbons (Fsp3) is 0.739. The first-order valence-corrected chi connectivity index (χ1v) is 11.6. The second-order valence-corrected chi connectivity index (χ2v) is 10.2. The smallest absolute Gasteiger partial charge is 0.231 e. The summed E-state index contributed by atoms with van der Waals surface area (Å²) in [5.74, 6) is -1.67. The van der Waals surface area contributed by atoms with Crippen LogP contribution < -0.4 is 0 Å². The average molecular weight is 465 g/mol. The van der Waals surface area contributed by atoms with Crippen LogP contribution in [0.15, 0.2) is 35.1 Å². The van der Waals surface area contributed by atoms with Gasteiger partial charge < -0.3 is 49.7 Å². The summed E-state index contributed by atoms with van der Waals surface area (Å²) >= 11 is 0. The molecule has 0 aromatic heterocycles. The molecule has 3 aliphatic heterocycles. The number of piperidine rings is 1. The van der Waals surface area contributed by atoms with Crippen molar-refractivity contribution in [1.29, 1.82) is 0 Å². The van der Waals surface area contributed by atoms with Gasteiger partial charge in [0.2, 0.25) is 5.79 Å². The van der Waals surface area contributed by atoms with E-state index in [4.69, 9.17) is 14.2 Å². The maximum Gasteiger partial charge on any atom is 0.231 e.